The van der Waals surface area contributed by atoms with E-state index in [2.05, 4.69) is 25.8 Å². The molecule has 0 spiro atoms. The normalized spacial score (nSPS) is 11.1. The first-order valence-corrected chi connectivity index (χ1v) is 7.93. The van der Waals surface area contributed by atoms with Gasteiger partial charge in [-0.1, -0.05) is 25.1 Å². The lowest BCUT2D eigenvalue weighted by Gasteiger charge is -2.13. The predicted octanol–water partition coefficient (Wildman–Crippen LogP) is 4.46. The zero-order valence-corrected chi connectivity index (χ0v) is 13.7. The van der Waals surface area contributed by atoms with E-state index in [1.54, 1.807) is 18.5 Å². The number of phenolic OH excluding ortho intramolecular Hbond substituents is 1. The highest BCUT2D eigenvalue weighted by atomic mass is 16.3. The molecule has 0 amide bonds. The van der Waals surface area contributed by atoms with E-state index >= 15 is 0 Å². The first kappa shape index (κ1) is 15.3. The Bertz CT molecular complexity index is 807. The highest BCUT2D eigenvalue weighted by Gasteiger charge is 2.22. The number of phenols is 1. The average molecular weight is 307 g/mol. The Morgan fingerprint density at radius 3 is 2.39 bits per heavy atom. The molecule has 1 N–H and O–H groups in total. The van der Waals surface area contributed by atoms with Crippen LogP contribution >= 0.6 is 0 Å². The largest absolute Gasteiger partial charge is 0.507 e. The average Bonchev–Trinajstić information content (AvgIpc) is 2.95. The minimum atomic E-state index is 0.225. The summed E-state index contributed by atoms with van der Waals surface area (Å²) >= 11 is 0. The van der Waals surface area contributed by atoms with Gasteiger partial charge in [-0.2, -0.15) is 5.10 Å². The molecule has 0 aliphatic rings. The third kappa shape index (κ3) is 2.72. The molecule has 0 aliphatic heterocycles. The molecular formula is C19H21N3O. The van der Waals surface area contributed by atoms with Gasteiger partial charge < -0.3 is 5.11 Å². The molecule has 118 valence electrons. The summed E-state index contributed by atoms with van der Waals surface area (Å²) in [5.74, 6) is 0.279. The zero-order chi connectivity index (χ0) is 16.4. The van der Waals surface area contributed by atoms with Gasteiger partial charge in [0.05, 0.1) is 11.4 Å². The Balaban J connectivity index is 2.36. The van der Waals surface area contributed by atoms with Gasteiger partial charge in [0.15, 0.2) is 0 Å². The molecule has 0 fully saturated rings. The number of aromatic hydroxyl groups is 1. The number of nitrogens with zero attached hydrogens (tertiary/aromatic N) is 3. The molecule has 0 saturated carbocycles. The van der Waals surface area contributed by atoms with Crippen molar-refractivity contribution in [2.45, 2.75) is 33.2 Å². The number of hydrogen-bond acceptors (Lipinski definition) is 3. The maximum atomic E-state index is 10.4. The maximum absolute atomic E-state index is 10.4. The summed E-state index contributed by atoms with van der Waals surface area (Å²) in [6.45, 7) is 6.32. The molecule has 0 atom stereocenters. The van der Waals surface area contributed by atoms with Crippen LogP contribution < -0.4 is 0 Å². The van der Waals surface area contributed by atoms with E-state index in [1.807, 2.05) is 35.0 Å². The van der Waals surface area contributed by atoms with Crippen molar-refractivity contribution in [3.8, 4) is 28.1 Å². The van der Waals surface area contributed by atoms with Crippen LogP contribution in [0.4, 0.5) is 0 Å². The molecule has 1 aromatic carbocycles. The Kier molecular flexibility index (Phi) is 4.15. The number of rotatable bonds is 4. The minimum absolute atomic E-state index is 0.225. The lowest BCUT2D eigenvalue weighted by molar-refractivity contribution is 0.477. The first-order valence-electron chi connectivity index (χ1n) is 7.93. The van der Waals surface area contributed by atoms with Crippen LogP contribution in [-0.2, 0) is 6.42 Å². The molecule has 2 heterocycles. The van der Waals surface area contributed by atoms with Gasteiger partial charge in [-0.05, 0) is 38.5 Å². The van der Waals surface area contributed by atoms with Gasteiger partial charge in [-0.15, -0.1) is 0 Å². The van der Waals surface area contributed by atoms with Crippen LogP contribution in [0, 0.1) is 0 Å². The lowest BCUT2D eigenvalue weighted by atomic mass is 9.97. The summed E-state index contributed by atoms with van der Waals surface area (Å²) in [4.78, 5) is 4.11. The first-order chi connectivity index (χ1) is 11.1. The van der Waals surface area contributed by atoms with Crippen LogP contribution in [-0.4, -0.2) is 19.9 Å². The number of aromatic nitrogens is 3. The van der Waals surface area contributed by atoms with Crippen molar-refractivity contribution in [2.24, 2.45) is 0 Å². The fourth-order valence-electron chi connectivity index (χ4n) is 2.86. The SMILES string of the molecule is CCc1nn(C(C)C)c(-c2ccncc2)c1-c1ccccc1O. The van der Waals surface area contributed by atoms with Gasteiger partial charge in [-0.3, -0.25) is 9.67 Å². The maximum Gasteiger partial charge on any atom is 0.123 e. The van der Waals surface area contributed by atoms with Gasteiger partial charge in [0.2, 0.25) is 0 Å². The molecule has 23 heavy (non-hydrogen) atoms. The van der Waals surface area contributed by atoms with Gasteiger partial charge in [-0.25, -0.2) is 0 Å². The number of pyridine rings is 1. The predicted molar refractivity (Wildman–Crippen MR) is 92.3 cm³/mol. The fourth-order valence-corrected chi connectivity index (χ4v) is 2.86. The molecule has 0 bridgehead atoms. The molecule has 0 radical (unpaired) electrons. The van der Waals surface area contributed by atoms with Crippen molar-refractivity contribution in [3.63, 3.8) is 0 Å². The Morgan fingerprint density at radius 2 is 1.78 bits per heavy atom. The van der Waals surface area contributed by atoms with Crippen molar-refractivity contribution < 1.29 is 5.11 Å². The second-order valence-corrected chi connectivity index (χ2v) is 5.82. The van der Waals surface area contributed by atoms with Gasteiger partial charge in [0, 0.05) is 35.1 Å². The minimum Gasteiger partial charge on any atom is -0.507 e. The third-order valence-electron chi connectivity index (χ3n) is 3.93. The standard InChI is InChI=1S/C19H21N3O/c1-4-16-18(15-7-5-6-8-17(15)23)19(22(21-16)13(2)3)14-9-11-20-12-10-14/h5-13,23H,4H2,1-3H3. The number of para-hydroxylation sites is 1. The van der Waals surface area contributed by atoms with Gasteiger partial charge in [0.1, 0.15) is 5.75 Å². The molecule has 0 aliphatic carbocycles. The fraction of sp³-hybridized carbons (Fsp3) is 0.263. The highest BCUT2D eigenvalue weighted by molar-refractivity contribution is 5.85. The summed E-state index contributed by atoms with van der Waals surface area (Å²) in [5, 5.41) is 15.2. The van der Waals surface area contributed by atoms with Crippen LogP contribution in [0.5, 0.6) is 5.75 Å². The van der Waals surface area contributed by atoms with Crippen LogP contribution in [0.2, 0.25) is 0 Å². The van der Waals surface area contributed by atoms with Gasteiger partial charge in [0.25, 0.3) is 0 Å². The second-order valence-electron chi connectivity index (χ2n) is 5.82. The molecular weight excluding hydrogens is 286 g/mol. The van der Waals surface area contributed by atoms with E-state index in [0.717, 1.165) is 34.5 Å². The van der Waals surface area contributed by atoms with E-state index in [4.69, 9.17) is 5.10 Å². The van der Waals surface area contributed by atoms with Gasteiger partial charge >= 0.3 is 0 Å². The summed E-state index contributed by atoms with van der Waals surface area (Å²) in [5.41, 5.74) is 4.90. The van der Waals surface area contributed by atoms with Crippen LogP contribution in [0.15, 0.2) is 48.8 Å². The molecule has 0 unspecified atom stereocenters. The lowest BCUT2D eigenvalue weighted by Crippen LogP contribution is -2.05. The molecule has 4 heteroatoms. The van der Waals surface area contributed by atoms with Crippen molar-refractivity contribution in [2.75, 3.05) is 0 Å². The third-order valence-corrected chi connectivity index (χ3v) is 3.93. The van der Waals surface area contributed by atoms with E-state index in [9.17, 15) is 5.11 Å². The van der Waals surface area contributed by atoms with E-state index in [0.29, 0.717) is 0 Å². The number of aryl methyl sites for hydroxylation is 1. The molecule has 0 saturated heterocycles. The highest BCUT2D eigenvalue weighted by Crippen LogP contribution is 2.40. The molecule has 3 aromatic rings. The summed E-state index contributed by atoms with van der Waals surface area (Å²) in [7, 11) is 0. The monoisotopic (exact) mass is 307 g/mol. The second kappa shape index (κ2) is 6.24. The van der Waals surface area contributed by atoms with Crippen LogP contribution in [0.25, 0.3) is 22.4 Å². The van der Waals surface area contributed by atoms with E-state index in [1.165, 1.54) is 0 Å². The van der Waals surface area contributed by atoms with E-state index in [-0.39, 0.29) is 11.8 Å². The summed E-state index contributed by atoms with van der Waals surface area (Å²) in [6.07, 6.45) is 4.38. The molecule has 3 rings (SSSR count). The smallest absolute Gasteiger partial charge is 0.123 e. The van der Waals surface area contributed by atoms with Crippen LogP contribution in [0.3, 0.4) is 0 Å². The van der Waals surface area contributed by atoms with Crippen molar-refractivity contribution >= 4 is 0 Å². The topological polar surface area (TPSA) is 50.9 Å². The molecule has 2 aromatic heterocycles. The zero-order valence-electron chi connectivity index (χ0n) is 13.7. The Labute approximate surface area is 136 Å². The van der Waals surface area contributed by atoms with Crippen LogP contribution in [0.1, 0.15) is 32.5 Å². The summed E-state index contributed by atoms with van der Waals surface area (Å²) in [6, 6.07) is 11.6. The quantitative estimate of drug-likeness (QED) is 0.774. The molecule has 4 nitrogen and oxygen atoms in total. The van der Waals surface area contributed by atoms with Crippen molar-refractivity contribution in [3.05, 3.63) is 54.5 Å². The summed E-state index contributed by atoms with van der Waals surface area (Å²) < 4.78 is 2.04. The van der Waals surface area contributed by atoms with Crippen molar-refractivity contribution in [1.82, 2.24) is 14.8 Å². The number of benzene rings is 1. The Hall–Kier alpha value is -2.62. The van der Waals surface area contributed by atoms with E-state index < -0.39 is 0 Å². The van der Waals surface area contributed by atoms with Crippen molar-refractivity contribution in [1.29, 1.82) is 0 Å². The Morgan fingerprint density at radius 1 is 1.09 bits per heavy atom. The number of hydrogen-bond donors (Lipinski definition) is 1.